The first-order chi connectivity index (χ1) is 16.0. The van der Waals surface area contributed by atoms with Gasteiger partial charge in [-0.05, 0) is 18.6 Å². The monoisotopic (exact) mass is 620 g/mol. The van der Waals surface area contributed by atoms with Gasteiger partial charge < -0.3 is 10.1 Å². The molecule has 0 aliphatic heterocycles. The van der Waals surface area contributed by atoms with Crippen molar-refractivity contribution in [3.8, 4) is 0 Å². The Balaban J connectivity index is 4.00. The third kappa shape index (κ3) is 21.4. The second-order valence-electron chi connectivity index (χ2n) is 8.67. The molecule has 0 aliphatic rings. The van der Waals surface area contributed by atoms with E-state index < -0.39 is 21.5 Å². The van der Waals surface area contributed by atoms with Crippen molar-refractivity contribution in [1.29, 1.82) is 0 Å². The topological polar surface area (TPSA) is 84.5 Å². The van der Waals surface area contributed by atoms with Gasteiger partial charge in [-0.15, -0.1) is 11.8 Å². The summed E-state index contributed by atoms with van der Waals surface area (Å²) in [6, 6.07) is 0. The third-order valence-corrected chi connectivity index (χ3v) is 9.34. The fraction of sp³-hybridized carbons (Fsp3) is 0.958. The van der Waals surface area contributed by atoms with Gasteiger partial charge in [0.05, 0.1) is 17.2 Å². The van der Waals surface area contributed by atoms with Gasteiger partial charge in [0.2, 0.25) is 16.4 Å². The van der Waals surface area contributed by atoms with Gasteiger partial charge >= 0.3 is 0 Å². The van der Waals surface area contributed by atoms with Crippen molar-refractivity contribution in [2.45, 2.75) is 115 Å². The number of carbonyl (C=O) groups is 1. The molecular weight excluding hydrogens is 571 g/mol. The molecular formula is C24H49IN2O4S2. The molecule has 0 spiro atoms. The van der Waals surface area contributed by atoms with Crippen molar-refractivity contribution >= 4 is 50.8 Å². The number of alkyl halides is 1. The van der Waals surface area contributed by atoms with Crippen LogP contribution in [0.25, 0.3) is 0 Å². The molecule has 6 nitrogen and oxygen atoms in total. The second-order valence-corrected chi connectivity index (χ2v) is 12.9. The van der Waals surface area contributed by atoms with E-state index in [0.29, 0.717) is 12.8 Å². The van der Waals surface area contributed by atoms with E-state index in [-0.39, 0.29) is 12.3 Å². The summed E-state index contributed by atoms with van der Waals surface area (Å²) in [6.45, 7) is 2.55. The SMILES string of the molecule is CCCCCCCCCCCCCCCCSC(NS(=O)(=O)CCCI)C(CNC=O)OC. The third-order valence-electron chi connectivity index (χ3n) is 5.68. The summed E-state index contributed by atoms with van der Waals surface area (Å²) in [4.78, 5) is 10.7. The van der Waals surface area contributed by atoms with Crippen molar-refractivity contribution in [2.75, 3.05) is 29.6 Å². The van der Waals surface area contributed by atoms with Gasteiger partial charge in [-0.25, -0.2) is 8.42 Å². The van der Waals surface area contributed by atoms with Crippen LogP contribution in [0, 0.1) is 0 Å². The minimum absolute atomic E-state index is 0.114. The number of nitrogens with one attached hydrogen (secondary N) is 2. The molecule has 0 fully saturated rings. The van der Waals surface area contributed by atoms with Crippen molar-refractivity contribution in [3.63, 3.8) is 0 Å². The molecule has 0 heterocycles. The first kappa shape index (κ1) is 33.4. The van der Waals surface area contributed by atoms with E-state index in [0.717, 1.165) is 16.6 Å². The van der Waals surface area contributed by atoms with Crippen LogP contribution in [0.1, 0.15) is 103 Å². The fourth-order valence-corrected chi connectivity index (χ4v) is 7.49. The summed E-state index contributed by atoms with van der Waals surface area (Å²) in [7, 11) is -1.81. The molecule has 0 radical (unpaired) electrons. The van der Waals surface area contributed by atoms with Crippen LogP contribution in [0.4, 0.5) is 0 Å². The van der Waals surface area contributed by atoms with Crippen LogP contribution in [-0.2, 0) is 19.6 Å². The standard InChI is InChI=1S/C24H49IN2O4S2/c1-3-4-5-6-7-8-9-10-11-12-13-14-15-16-19-32-24(23(31-2)21-26-22-28)27-33(29,30)20-17-18-25/h22-24,27H,3-21H2,1-2H3,(H,26,28). The molecule has 9 heteroatoms. The Morgan fingerprint density at radius 2 is 1.39 bits per heavy atom. The number of hydrogen-bond acceptors (Lipinski definition) is 5. The molecule has 2 unspecified atom stereocenters. The molecule has 33 heavy (non-hydrogen) atoms. The molecule has 0 aliphatic carbocycles. The van der Waals surface area contributed by atoms with Crippen LogP contribution < -0.4 is 10.0 Å². The number of methoxy groups -OCH3 is 1. The largest absolute Gasteiger partial charge is 0.377 e. The van der Waals surface area contributed by atoms with E-state index in [9.17, 15) is 13.2 Å². The van der Waals surface area contributed by atoms with Crippen LogP contribution in [0.15, 0.2) is 0 Å². The summed E-state index contributed by atoms with van der Waals surface area (Å²) < 4.78 is 33.8. The van der Waals surface area contributed by atoms with E-state index in [1.165, 1.54) is 83.5 Å². The summed E-state index contributed by atoms with van der Waals surface area (Å²) in [6.07, 6.45) is 19.4. The van der Waals surface area contributed by atoms with E-state index in [1.807, 2.05) is 0 Å². The first-order valence-electron chi connectivity index (χ1n) is 12.9. The summed E-state index contributed by atoms with van der Waals surface area (Å²) in [5.41, 5.74) is 0. The van der Waals surface area contributed by atoms with Crippen LogP contribution in [0.5, 0.6) is 0 Å². The smallest absolute Gasteiger partial charge is 0.212 e. The fourth-order valence-electron chi connectivity index (χ4n) is 3.68. The van der Waals surface area contributed by atoms with Crippen molar-refractivity contribution in [1.82, 2.24) is 10.0 Å². The van der Waals surface area contributed by atoms with Gasteiger partial charge in [-0.2, -0.15) is 4.72 Å². The normalized spacial score (nSPS) is 13.7. The van der Waals surface area contributed by atoms with Gasteiger partial charge in [-0.1, -0.05) is 113 Å². The molecule has 0 saturated carbocycles. The Morgan fingerprint density at radius 3 is 1.85 bits per heavy atom. The first-order valence-corrected chi connectivity index (χ1v) is 17.1. The Kier molecular flexibility index (Phi) is 24.4. The van der Waals surface area contributed by atoms with Crippen LogP contribution >= 0.6 is 34.4 Å². The zero-order valence-corrected chi connectivity index (χ0v) is 24.8. The minimum atomic E-state index is -3.37. The number of ether oxygens (including phenoxy) is 1. The molecule has 2 N–H and O–H groups in total. The number of sulfonamides is 1. The number of amides is 1. The Hall–Kier alpha value is 0.420. The zero-order chi connectivity index (χ0) is 24.6. The molecule has 198 valence electrons. The van der Waals surface area contributed by atoms with Gasteiger partial charge in [-0.3, -0.25) is 4.79 Å². The molecule has 2 atom stereocenters. The summed E-state index contributed by atoms with van der Waals surface area (Å²) >= 11 is 3.76. The Labute approximate surface area is 222 Å². The maximum absolute atomic E-state index is 12.4. The highest BCUT2D eigenvalue weighted by molar-refractivity contribution is 14.1. The lowest BCUT2D eigenvalue weighted by molar-refractivity contribution is -0.110. The quantitative estimate of drug-likeness (QED) is 0.0406. The van der Waals surface area contributed by atoms with E-state index in [4.69, 9.17) is 4.74 Å². The predicted octanol–water partition coefficient (Wildman–Crippen LogP) is 6.03. The van der Waals surface area contributed by atoms with Gasteiger partial charge in [0.1, 0.15) is 0 Å². The minimum Gasteiger partial charge on any atom is -0.377 e. The number of unbranched alkanes of at least 4 members (excludes halogenated alkanes) is 13. The number of rotatable bonds is 26. The average molecular weight is 621 g/mol. The summed E-state index contributed by atoms with van der Waals surface area (Å²) in [5, 5.41) is 2.21. The zero-order valence-electron chi connectivity index (χ0n) is 21.0. The van der Waals surface area contributed by atoms with Crippen LogP contribution in [-0.4, -0.2) is 55.9 Å². The summed E-state index contributed by atoms with van der Waals surface area (Å²) in [5.74, 6) is 0.988. The highest BCUT2D eigenvalue weighted by Crippen LogP contribution is 2.19. The lowest BCUT2D eigenvalue weighted by Gasteiger charge is -2.26. The highest BCUT2D eigenvalue weighted by Gasteiger charge is 2.26. The predicted molar refractivity (Wildman–Crippen MR) is 152 cm³/mol. The van der Waals surface area contributed by atoms with Crippen molar-refractivity contribution in [2.24, 2.45) is 0 Å². The number of hydrogen-bond donors (Lipinski definition) is 2. The Bertz CT molecular complexity index is 539. The van der Waals surface area contributed by atoms with Crippen LogP contribution in [0.3, 0.4) is 0 Å². The Morgan fingerprint density at radius 1 is 0.879 bits per heavy atom. The van der Waals surface area contributed by atoms with Gasteiger partial charge in [0, 0.05) is 18.1 Å². The lowest BCUT2D eigenvalue weighted by Crippen LogP contribution is -2.47. The molecule has 0 bridgehead atoms. The van der Waals surface area contributed by atoms with Crippen molar-refractivity contribution in [3.05, 3.63) is 0 Å². The van der Waals surface area contributed by atoms with Crippen molar-refractivity contribution < 1.29 is 17.9 Å². The van der Waals surface area contributed by atoms with E-state index >= 15 is 0 Å². The molecule has 0 rings (SSSR count). The maximum Gasteiger partial charge on any atom is 0.212 e. The molecule has 0 aromatic carbocycles. The lowest BCUT2D eigenvalue weighted by atomic mass is 10.0. The van der Waals surface area contributed by atoms with Gasteiger partial charge in [0.25, 0.3) is 0 Å². The maximum atomic E-state index is 12.4. The number of thioether (sulfide) groups is 1. The number of carbonyl (C=O) groups excluding carboxylic acids is 1. The van der Waals surface area contributed by atoms with E-state index in [2.05, 4.69) is 39.6 Å². The second kappa shape index (κ2) is 24.1. The molecule has 0 aromatic heterocycles. The molecule has 1 amide bonds. The molecule has 0 aromatic rings. The van der Waals surface area contributed by atoms with Gasteiger partial charge in [0.15, 0.2) is 0 Å². The average Bonchev–Trinajstić information content (AvgIpc) is 2.80. The van der Waals surface area contributed by atoms with Crippen LogP contribution in [0.2, 0.25) is 0 Å². The highest BCUT2D eigenvalue weighted by atomic mass is 127. The van der Waals surface area contributed by atoms with E-state index in [1.54, 1.807) is 18.9 Å². The number of halogens is 1. The molecule has 0 saturated heterocycles.